The number of aryl methyl sites for hydroxylation is 4. The molecule has 0 unspecified atom stereocenters. The van der Waals surface area contributed by atoms with Gasteiger partial charge in [0, 0.05) is 16.3 Å². The maximum absolute atomic E-state index is 12.5. The molecule has 7 nitrogen and oxygen atoms in total. The Balaban J connectivity index is 2.14. The van der Waals surface area contributed by atoms with Gasteiger partial charge in [0.2, 0.25) is 5.91 Å². The fourth-order valence-corrected chi connectivity index (χ4v) is 3.21. The summed E-state index contributed by atoms with van der Waals surface area (Å²) in [6, 6.07) is 0.868. The zero-order valence-corrected chi connectivity index (χ0v) is 15.9. The van der Waals surface area contributed by atoms with E-state index in [9.17, 15) is 14.4 Å². The van der Waals surface area contributed by atoms with Crippen molar-refractivity contribution in [3.8, 4) is 0 Å². The molecule has 1 aromatic carbocycles. The van der Waals surface area contributed by atoms with Crippen LogP contribution in [0.5, 0.6) is 0 Å². The Morgan fingerprint density at radius 2 is 1.63 bits per heavy atom. The molecular formula is C20H21NO6. The predicted octanol–water partition coefficient (Wildman–Crippen LogP) is 2.90. The van der Waals surface area contributed by atoms with E-state index < -0.39 is 23.5 Å². The molecule has 2 heterocycles. The van der Waals surface area contributed by atoms with Crippen molar-refractivity contribution in [1.29, 1.82) is 0 Å². The fourth-order valence-electron chi connectivity index (χ4n) is 3.21. The van der Waals surface area contributed by atoms with E-state index >= 15 is 0 Å². The summed E-state index contributed by atoms with van der Waals surface area (Å²) in [6.07, 6.45) is -0.248. The van der Waals surface area contributed by atoms with Gasteiger partial charge in [-0.1, -0.05) is 0 Å². The van der Waals surface area contributed by atoms with Gasteiger partial charge in [-0.15, -0.1) is 0 Å². The average Bonchev–Trinajstić information content (AvgIpc) is 2.88. The Morgan fingerprint density at radius 3 is 2.26 bits per heavy atom. The maximum atomic E-state index is 12.5. The number of benzene rings is 1. The molecule has 0 spiro atoms. The number of hydrogen-bond acceptors (Lipinski definition) is 5. The van der Waals surface area contributed by atoms with Crippen LogP contribution in [-0.2, 0) is 16.0 Å². The van der Waals surface area contributed by atoms with Crippen molar-refractivity contribution in [2.75, 3.05) is 0 Å². The van der Waals surface area contributed by atoms with Crippen LogP contribution in [0.15, 0.2) is 19.7 Å². The third kappa shape index (κ3) is 3.09. The van der Waals surface area contributed by atoms with Gasteiger partial charge in [-0.25, -0.2) is 4.79 Å². The number of carboxylic acids is 1. The van der Waals surface area contributed by atoms with E-state index in [4.69, 9.17) is 13.9 Å². The van der Waals surface area contributed by atoms with Crippen molar-refractivity contribution in [1.82, 2.24) is 5.32 Å². The predicted molar refractivity (Wildman–Crippen MR) is 100 cm³/mol. The molecule has 0 fully saturated rings. The van der Waals surface area contributed by atoms with E-state index in [0.717, 1.165) is 27.7 Å². The molecule has 0 aliphatic rings. The summed E-state index contributed by atoms with van der Waals surface area (Å²) < 4.78 is 11.3. The Bertz CT molecular complexity index is 1150. The highest BCUT2D eigenvalue weighted by Crippen LogP contribution is 2.34. The third-order valence-corrected chi connectivity index (χ3v) is 5.03. The number of rotatable bonds is 4. The lowest BCUT2D eigenvalue weighted by Gasteiger charge is -2.12. The zero-order chi connectivity index (χ0) is 20.0. The van der Waals surface area contributed by atoms with Crippen molar-refractivity contribution in [3.63, 3.8) is 0 Å². The minimum absolute atomic E-state index is 0.217. The first kappa shape index (κ1) is 18.7. The Hall–Kier alpha value is -3.09. The molecular weight excluding hydrogens is 350 g/mol. The number of furan rings is 1. The van der Waals surface area contributed by atoms with Crippen LogP contribution in [0.1, 0.15) is 34.9 Å². The van der Waals surface area contributed by atoms with Crippen LogP contribution in [0.25, 0.3) is 21.9 Å². The first-order valence-corrected chi connectivity index (χ1v) is 8.59. The van der Waals surface area contributed by atoms with Crippen molar-refractivity contribution in [2.45, 2.75) is 47.1 Å². The molecule has 2 aromatic heterocycles. The largest absolute Gasteiger partial charge is 0.480 e. The third-order valence-electron chi connectivity index (χ3n) is 5.03. The van der Waals surface area contributed by atoms with Gasteiger partial charge in [-0.05, 0) is 51.8 Å². The lowest BCUT2D eigenvalue weighted by Crippen LogP contribution is -2.39. The Kier molecular flexibility index (Phi) is 4.55. The van der Waals surface area contributed by atoms with E-state index in [2.05, 4.69) is 5.32 Å². The highest BCUT2D eigenvalue weighted by atomic mass is 16.4. The molecule has 0 radical (unpaired) electrons. The number of hydrogen-bond donors (Lipinski definition) is 2. The second-order valence-electron chi connectivity index (χ2n) is 6.84. The number of amides is 1. The second-order valence-corrected chi connectivity index (χ2v) is 6.84. The SMILES string of the molecule is Cc1oc2c(C)c3oc(=O)c(CC(=O)N[C@@H](C)C(=O)O)c(C)c3cc2c1C. The van der Waals surface area contributed by atoms with Crippen LogP contribution in [0.3, 0.4) is 0 Å². The van der Waals surface area contributed by atoms with Crippen LogP contribution < -0.4 is 10.9 Å². The van der Waals surface area contributed by atoms with E-state index in [1.165, 1.54) is 6.92 Å². The van der Waals surface area contributed by atoms with E-state index in [1.807, 2.05) is 26.8 Å². The summed E-state index contributed by atoms with van der Waals surface area (Å²) in [5.41, 5.74) is 3.10. The van der Waals surface area contributed by atoms with Gasteiger partial charge in [-0.2, -0.15) is 0 Å². The molecule has 0 saturated heterocycles. The summed E-state index contributed by atoms with van der Waals surface area (Å²) in [6.45, 7) is 8.79. The lowest BCUT2D eigenvalue weighted by atomic mass is 9.98. The monoisotopic (exact) mass is 371 g/mol. The van der Waals surface area contributed by atoms with Crippen molar-refractivity contribution >= 4 is 33.8 Å². The molecule has 3 rings (SSSR count). The van der Waals surface area contributed by atoms with Gasteiger partial charge in [0.05, 0.1) is 12.0 Å². The van der Waals surface area contributed by atoms with Gasteiger partial charge in [0.25, 0.3) is 0 Å². The van der Waals surface area contributed by atoms with Crippen LogP contribution >= 0.6 is 0 Å². The van der Waals surface area contributed by atoms with E-state index in [-0.39, 0.29) is 12.0 Å². The van der Waals surface area contributed by atoms with Gasteiger partial charge in [-0.3, -0.25) is 9.59 Å². The first-order chi connectivity index (χ1) is 12.6. The standard InChI is InChI=1S/C20H21NO6/c1-8-12(5)26-17-10(3)18-14(6-13(8)17)9(2)15(20(25)27-18)7-16(22)21-11(4)19(23)24/h6,11H,7H2,1-5H3,(H,21,22)(H,23,24)/t11-/m0/s1. The molecule has 0 saturated carbocycles. The molecule has 7 heteroatoms. The minimum atomic E-state index is -1.14. The van der Waals surface area contributed by atoms with Gasteiger partial charge in [0.15, 0.2) is 0 Å². The number of fused-ring (bicyclic) bond motifs is 2. The van der Waals surface area contributed by atoms with Crippen LogP contribution in [0.2, 0.25) is 0 Å². The first-order valence-electron chi connectivity index (χ1n) is 8.59. The molecule has 142 valence electrons. The smallest absolute Gasteiger partial charge is 0.340 e. The van der Waals surface area contributed by atoms with Gasteiger partial charge >= 0.3 is 11.6 Å². The summed E-state index contributed by atoms with van der Waals surface area (Å²) in [5, 5.41) is 12.9. The molecule has 27 heavy (non-hydrogen) atoms. The van der Waals surface area contributed by atoms with Gasteiger partial charge in [0.1, 0.15) is 23.0 Å². The summed E-state index contributed by atoms with van der Waals surface area (Å²) in [5.74, 6) is -0.895. The van der Waals surface area contributed by atoms with Gasteiger partial charge < -0.3 is 19.3 Å². The average molecular weight is 371 g/mol. The van der Waals surface area contributed by atoms with Crippen molar-refractivity contribution < 1.29 is 23.5 Å². The number of nitrogens with one attached hydrogen (secondary N) is 1. The Labute approximate surface area is 155 Å². The molecule has 0 aliphatic heterocycles. The second kappa shape index (κ2) is 6.57. The molecule has 1 amide bonds. The molecule has 2 N–H and O–H groups in total. The van der Waals surface area contributed by atoms with Crippen molar-refractivity contribution in [3.05, 3.63) is 44.5 Å². The minimum Gasteiger partial charge on any atom is -0.480 e. The quantitative estimate of drug-likeness (QED) is 0.683. The van der Waals surface area contributed by atoms with Crippen LogP contribution in [0.4, 0.5) is 0 Å². The molecule has 3 aromatic rings. The van der Waals surface area contributed by atoms with E-state index in [0.29, 0.717) is 16.7 Å². The number of carboxylic acid groups (broad SMARTS) is 1. The number of carbonyl (C=O) groups is 2. The normalized spacial score (nSPS) is 12.5. The van der Waals surface area contributed by atoms with Crippen molar-refractivity contribution in [2.24, 2.45) is 0 Å². The topological polar surface area (TPSA) is 110 Å². The number of aliphatic carboxylic acids is 1. The van der Waals surface area contributed by atoms with E-state index in [1.54, 1.807) is 6.92 Å². The fraction of sp³-hybridized carbons (Fsp3) is 0.350. The zero-order valence-electron chi connectivity index (χ0n) is 15.9. The number of carbonyl (C=O) groups excluding carboxylic acids is 1. The molecule has 1 atom stereocenters. The molecule has 0 aliphatic carbocycles. The van der Waals surface area contributed by atoms with Crippen LogP contribution in [-0.4, -0.2) is 23.0 Å². The Morgan fingerprint density at radius 1 is 1.04 bits per heavy atom. The lowest BCUT2D eigenvalue weighted by molar-refractivity contribution is -0.141. The van der Waals surface area contributed by atoms with Crippen LogP contribution in [0, 0.1) is 27.7 Å². The summed E-state index contributed by atoms with van der Waals surface area (Å²) >= 11 is 0. The summed E-state index contributed by atoms with van der Waals surface area (Å²) in [7, 11) is 0. The maximum Gasteiger partial charge on any atom is 0.340 e. The molecule has 0 bridgehead atoms. The highest BCUT2D eigenvalue weighted by Gasteiger charge is 2.21. The summed E-state index contributed by atoms with van der Waals surface area (Å²) in [4.78, 5) is 35.5. The highest BCUT2D eigenvalue weighted by molar-refractivity contribution is 6.00.